The Morgan fingerprint density at radius 3 is 2.52 bits per heavy atom. The van der Waals surface area contributed by atoms with Crippen molar-refractivity contribution >= 4 is 33.2 Å². The van der Waals surface area contributed by atoms with E-state index in [1.54, 1.807) is 18.2 Å². The predicted octanol–water partition coefficient (Wildman–Crippen LogP) is 1.41. The van der Waals surface area contributed by atoms with Crippen LogP contribution in [0.1, 0.15) is 12.8 Å². The second kappa shape index (κ2) is 9.35. The van der Waals surface area contributed by atoms with Gasteiger partial charge in [0, 0.05) is 45.0 Å². The molecule has 9 heteroatoms. The summed E-state index contributed by atoms with van der Waals surface area (Å²) in [7, 11) is -3.44. The van der Waals surface area contributed by atoms with Crippen LogP contribution in [0, 0.1) is 5.82 Å². The van der Waals surface area contributed by atoms with Crippen LogP contribution < -0.4 is 10.2 Å². The first-order valence-electron chi connectivity index (χ1n) is 8.24. The van der Waals surface area contributed by atoms with Gasteiger partial charge < -0.3 is 10.2 Å². The number of carbonyl (C=O) groups is 1. The molecule has 0 saturated carbocycles. The number of rotatable bonds is 8. The summed E-state index contributed by atoms with van der Waals surface area (Å²) in [6.45, 7) is 1.55. The molecule has 1 aromatic rings. The van der Waals surface area contributed by atoms with E-state index in [0.717, 1.165) is 0 Å². The molecule has 1 aromatic carbocycles. The molecule has 1 aliphatic heterocycles. The summed E-state index contributed by atoms with van der Waals surface area (Å²) < 4.78 is 39.9. The number of sulfonamides is 1. The lowest BCUT2D eigenvalue weighted by Crippen LogP contribution is -2.50. The van der Waals surface area contributed by atoms with Gasteiger partial charge in [-0.1, -0.05) is 12.1 Å². The molecule has 0 spiro atoms. The Hall–Kier alpha value is -1.38. The average Bonchev–Trinajstić information content (AvgIpc) is 2.60. The van der Waals surface area contributed by atoms with Gasteiger partial charge in [0.2, 0.25) is 15.9 Å². The molecule has 0 atom stereocenters. The third kappa shape index (κ3) is 5.83. The Kier molecular flexibility index (Phi) is 7.46. The molecular formula is C16H23ClFN3O3S. The number of alkyl halides is 1. The van der Waals surface area contributed by atoms with Crippen molar-refractivity contribution in [2.24, 2.45) is 0 Å². The van der Waals surface area contributed by atoms with Crippen LogP contribution in [-0.4, -0.2) is 63.0 Å². The van der Waals surface area contributed by atoms with E-state index in [4.69, 9.17) is 11.6 Å². The quantitative estimate of drug-likeness (QED) is 0.680. The summed E-state index contributed by atoms with van der Waals surface area (Å²) >= 11 is 5.51. The van der Waals surface area contributed by atoms with Crippen LogP contribution >= 0.6 is 11.6 Å². The third-order valence-corrected chi connectivity index (χ3v) is 6.18. The number of hydrogen-bond donors (Lipinski definition) is 1. The lowest BCUT2D eigenvalue weighted by atomic mass is 10.2. The van der Waals surface area contributed by atoms with Crippen molar-refractivity contribution in [1.29, 1.82) is 0 Å². The second-order valence-electron chi connectivity index (χ2n) is 5.80. The van der Waals surface area contributed by atoms with Gasteiger partial charge in [-0.2, -0.15) is 4.31 Å². The van der Waals surface area contributed by atoms with Gasteiger partial charge in [0.25, 0.3) is 0 Å². The van der Waals surface area contributed by atoms with Crippen LogP contribution in [0.4, 0.5) is 10.1 Å². The smallest absolute Gasteiger partial charge is 0.220 e. The fraction of sp³-hybridized carbons (Fsp3) is 0.562. The van der Waals surface area contributed by atoms with Gasteiger partial charge >= 0.3 is 0 Å². The first-order valence-corrected chi connectivity index (χ1v) is 10.4. The SMILES string of the molecule is O=C(CCCCl)NCCS(=O)(=O)N1CCN(c2ccccc2F)CC1. The fourth-order valence-electron chi connectivity index (χ4n) is 2.68. The maximum absolute atomic E-state index is 13.8. The molecule has 2 rings (SSSR count). The van der Waals surface area contributed by atoms with Crippen molar-refractivity contribution in [2.45, 2.75) is 12.8 Å². The maximum Gasteiger partial charge on any atom is 0.220 e. The molecule has 1 aliphatic rings. The van der Waals surface area contributed by atoms with E-state index >= 15 is 0 Å². The maximum atomic E-state index is 13.8. The van der Waals surface area contributed by atoms with Crippen LogP contribution in [0.2, 0.25) is 0 Å². The molecule has 0 unspecified atom stereocenters. The average molecular weight is 392 g/mol. The minimum absolute atomic E-state index is 0.0803. The van der Waals surface area contributed by atoms with Gasteiger partial charge in [-0.25, -0.2) is 12.8 Å². The summed E-state index contributed by atoms with van der Waals surface area (Å²) in [4.78, 5) is 13.3. The Labute approximate surface area is 153 Å². The number of carbonyl (C=O) groups excluding carboxylic acids is 1. The molecule has 1 heterocycles. The van der Waals surface area contributed by atoms with Gasteiger partial charge in [-0.05, 0) is 18.6 Å². The van der Waals surface area contributed by atoms with E-state index in [1.807, 2.05) is 4.90 Å². The van der Waals surface area contributed by atoms with Crippen LogP contribution in [0.25, 0.3) is 0 Å². The Morgan fingerprint density at radius 1 is 1.20 bits per heavy atom. The van der Waals surface area contributed by atoms with E-state index in [9.17, 15) is 17.6 Å². The zero-order valence-corrected chi connectivity index (χ0v) is 15.5. The second-order valence-corrected chi connectivity index (χ2v) is 8.26. The largest absolute Gasteiger partial charge is 0.367 e. The summed E-state index contributed by atoms with van der Waals surface area (Å²) in [5.41, 5.74) is 0.492. The summed E-state index contributed by atoms with van der Waals surface area (Å²) in [6.07, 6.45) is 0.864. The van der Waals surface area contributed by atoms with E-state index < -0.39 is 10.0 Å². The number of para-hydroxylation sites is 1. The molecule has 0 aliphatic carbocycles. The zero-order chi connectivity index (χ0) is 18.3. The molecule has 1 saturated heterocycles. The van der Waals surface area contributed by atoms with Crippen molar-refractivity contribution in [2.75, 3.05) is 49.3 Å². The molecular weight excluding hydrogens is 369 g/mol. The predicted molar refractivity (Wildman–Crippen MR) is 96.9 cm³/mol. The molecule has 0 aromatic heterocycles. The van der Waals surface area contributed by atoms with Crippen LogP contribution in [0.3, 0.4) is 0 Å². The molecule has 0 bridgehead atoms. The van der Waals surface area contributed by atoms with Crippen molar-refractivity contribution in [3.63, 3.8) is 0 Å². The minimum Gasteiger partial charge on any atom is -0.367 e. The number of nitrogens with one attached hydrogen (secondary N) is 1. The highest BCUT2D eigenvalue weighted by Gasteiger charge is 2.27. The lowest BCUT2D eigenvalue weighted by molar-refractivity contribution is -0.120. The molecule has 25 heavy (non-hydrogen) atoms. The highest BCUT2D eigenvalue weighted by Crippen LogP contribution is 2.20. The van der Waals surface area contributed by atoms with E-state index in [2.05, 4.69) is 5.32 Å². The number of benzene rings is 1. The Morgan fingerprint density at radius 2 is 1.88 bits per heavy atom. The molecule has 1 N–H and O–H groups in total. The van der Waals surface area contributed by atoms with Crippen LogP contribution in [0.15, 0.2) is 24.3 Å². The standard InChI is InChI=1S/C16H23ClFN3O3S/c17-7-3-6-16(22)19-8-13-25(23,24)21-11-9-20(10-12-21)15-5-2-1-4-14(15)18/h1-2,4-5H,3,6-13H2,(H,19,22). The van der Waals surface area contributed by atoms with Crippen LogP contribution in [-0.2, 0) is 14.8 Å². The number of halogens is 2. The van der Waals surface area contributed by atoms with Crippen molar-refractivity contribution in [3.05, 3.63) is 30.1 Å². The number of amides is 1. The highest BCUT2D eigenvalue weighted by atomic mass is 35.5. The monoisotopic (exact) mass is 391 g/mol. The zero-order valence-electron chi connectivity index (χ0n) is 14.0. The van der Waals surface area contributed by atoms with E-state index in [1.165, 1.54) is 10.4 Å². The number of anilines is 1. The molecule has 1 fully saturated rings. The normalized spacial score (nSPS) is 16.0. The molecule has 1 amide bonds. The first kappa shape index (κ1) is 19.9. The first-order chi connectivity index (χ1) is 11.9. The number of nitrogens with zero attached hydrogens (tertiary/aromatic N) is 2. The van der Waals surface area contributed by atoms with Gasteiger partial charge in [-0.15, -0.1) is 11.6 Å². The Bertz CT molecular complexity index is 679. The van der Waals surface area contributed by atoms with E-state index in [0.29, 0.717) is 50.6 Å². The minimum atomic E-state index is -3.44. The van der Waals surface area contributed by atoms with Crippen molar-refractivity contribution in [3.8, 4) is 0 Å². The van der Waals surface area contributed by atoms with Gasteiger partial charge in [0.1, 0.15) is 5.82 Å². The highest BCUT2D eigenvalue weighted by molar-refractivity contribution is 7.89. The third-order valence-electron chi connectivity index (χ3n) is 4.04. The van der Waals surface area contributed by atoms with Gasteiger partial charge in [0.15, 0.2) is 0 Å². The van der Waals surface area contributed by atoms with Crippen LogP contribution in [0.5, 0.6) is 0 Å². The van der Waals surface area contributed by atoms with Gasteiger partial charge in [-0.3, -0.25) is 4.79 Å². The molecule has 0 radical (unpaired) electrons. The summed E-state index contributed by atoms with van der Waals surface area (Å²) in [5.74, 6) is -0.240. The number of hydrogen-bond acceptors (Lipinski definition) is 4. The number of piperazine rings is 1. The summed E-state index contributed by atoms with van der Waals surface area (Å²) in [5, 5.41) is 2.59. The van der Waals surface area contributed by atoms with Gasteiger partial charge in [0.05, 0.1) is 11.4 Å². The van der Waals surface area contributed by atoms with Crippen molar-refractivity contribution < 1.29 is 17.6 Å². The summed E-state index contributed by atoms with van der Waals surface area (Å²) in [6, 6.07) is 6.47. The molecule has 6 nitrogen and oxygen atoms in total. The topological polar surface area (TPSA) is 69.7 Å². The van der Waals surface area contributed by atoms with E-state index in [-0.39, 0.29) is 24.0 Å². The fourth-order valence-corrected chi connectivity index (χ4v) is 4.15. The lowest BCUT2D eigenvalue weighted by Gasteiger charge is -2.35. The Balaban J connectivity index is 1.81. The van der Waals surface area contributed by atoms with Crippen molar-refractivity contribution in [1.82, 2.24) is 9.62 Å². The molecule has 140 valence electrons.